The number of nitrogens with one attached hydrogen (secondary N) is 1. The Morgan fingerprint density at radius 2 is 2.00 bits per heavy atom. The fraction of sp³-hybridized carbons (Fsp3) is 0.250. The van der Waals surface area contributed by atoms with Gasteiger partial charge in [-0.05, 0) is 37.5 Å². The maximum absolute atomic E-state index is 4.54. The molecule has 2 heterocycles. The molecule has 1 N–H and O–H groups in total. The summed E-state index contributed by atoms with van der Waals surface area (Å²) in [5.74, 6) is 1.01. The number of hydrogen-bond donors (Lipinski definition) is 1. The van der Waals surface area contributed by atoms with E-state index in [1.165, 1.54) is 16.7 Å². The number of aromatic amines is 1. The molecule has 96 valence electrons. The molecule has 0 fully saturated rings. The number of aryl methyl sites for hydroxylation is 4. The number of benzene rings is 1. The predicted octanol–water partition coefficient (Wildman–Crippen LogP) is 3.36. The third-order valence-corrected chi connectivity index (χ3v) is 3.38. The molecule has 1 aromatic carbocycles. The molecule has 0 spiro atoms. The van der Waals surface area contributed by atoms with Crippen molar-refractivity contribution in [3.05, 3.63) is 59.0 Å². The summed E-state index contributed by atoms with van der Waals surface area (Å²) in [7, 11) is 0. The molecular weight excluding hydrogens is 234 g/mol. The number of hydrogen-bond acceptors (Lipinski definition) is 2. The van der Waals surface area contributed by atoms with Gasteiger partial charge in [-0.3, -0.25) is 0 Å². The highest BCUT2D eigenvalue weighted by molar-refractivity contribution is 5.74. The van der Waals surface area contributed by atoms with Crippen LogP contribution in [0, 0.1) is 13.8 Å². The molecule has 0 atom stereocenters. The van der Waals surface area contributed by atoms with Gasteiger partial charge in [0, 0.05) is 12.6 Å². The zero-order valence-corrected chi connectivity index (χ0v) is 11.3. The number of fused-ring (bicyclic) bond motifs is 1. The van der Waals surface area contributed by atoms with Gasteiger partial charge in [0.05, 0.1) is 5.52 Å². The van der Waals surface area contributed by atoms with Crippen LogP contribution in [0.25, 0.3) is 11.2 Å². The minimum atomic E-state index is 0.819. The van der Waals surface area contributed by atoms with Crippen molar-refractivity contribution in [1.29, 1.82) is 0 Å². The first-order valence-electron chi connectivity index (χ1n) is 6.58. The Morgan fingerprint density at radius 1 is 1.11 bits per heavy atom. The summed E-state index contributed by atoms with van der Waals surface area (Å²) in [4.78, 5) is 12.2. The standard InChI is InChI=1S/C16H17N3/c1-11-4-3-5-13(10-11)6-7-14-18-15-12(2)8-9-17-16(15)19-14/h3-5,8-10H,6-7H2,1-2H3,(H,17,18,19). The van der Waals surface area contributed by atoms with E-state index in [1.54, 1.807) is 0 Å². The monoisotopic (exact) mass is 251 g/mol. The molecule has 3 rings (SSSR count). The SMILES string of the molecule is Cc1cccc(CCc2nc3nccc(C)c3[nH]2)c1. The van der Waals surface area contributed by atoms with Gasteiger partial charge in [0.15, 0.2) is 5.65 Å². The fourth-order valence-corrected chi connectivity index (χ4v) is 2.33. The first-order valence-corrected chi connectivity index (χ1v) is 6.58. The first-order chi connectivity index (χ1) is 9.22. The smallest absolute Gasteiger partial charge is 0.177 e. The van der Waals surface area contributed by atoms with Gasteiger partial charge in [-0.25, -0.2) is 9.97 Å². The fourth-order valence-electron chi connectivity index (χ4n) is 2.33. The van der Waals surface area contributed by atoms with Gasteiger partial charge in [0.1, 0.15) is 5.82 Å². The molecular formula is C16H17N3. The molecule has 0 radical (unpaired) electrons. The lowest BCUT2D eigenvalue weighted by Crippen LogP contribution is -1.93. The highest BCUT2D eigenvalue weighted by Gasteiger charge is 2.05. The molecule has 0 saturated carbocycles. The van der Waals surface area contributed by atoms with Crippen molar-refractivity contribution in [1.82, 2.24) is 15.0 Å². The van der Waals surface area contributed by atoms with Crippen LogP contribution in [0.2, 0.25) is 0 Å². The van der Waals surface area contributed by atoms with Crippen LogP contribution in [0.3, 0.4) is 0 Å². The maximum Gasteiger partial charge on any atom is 0.177 e. The van der Waals surface area contributed by atoms with Gasteiger partial charge in [0.25, 0.3) is 0 Å². The second kappa shape index (κ2) is 4.84. The Bertz CT molecular complexity index is 713. The van der Waals surface area contributed by atoms with Crippen LogP contribution in [0.15, 0.2) is 36.5 Å². The zero-order chi connectivity index (χ0) is 13.2. The lowest BCUT2D eigenvalue weighted by molar-refractivity contribution is 0.887. The van der Waals surface area contributed by atoms with Crippen LogP contribution in [-0.4, -0.2) is 15.0 Å². The maximum atomic E-state index is 4.54. The normalized spacial score (nSPS) is 11.1. The Kier molecular flexibility index (Phi) is 3.03. The van der Waals surface area contributed by atoms with E-state index in [0.717, 1.165) is 29.8 Å². The minimum Gasteiger partial charge on any atom is -0.340 e. The van der Waals surface area contributed by atoms with Crippen molar-refractivity contribution in [2.75, 3.05) is 0 Å². The van der Waals surface area contributed by atoms with E-state index in [1.807, 2.05) is 12.3 Å². The minimum absolute atomic E-state index is 0.819. The summed E-state index contributed by atoms with van der Waals surface area (Å²) in [5, 5.41) is 0. The molecule has 0 unspecified atom stereocenters. The summed E-state index contributed by atoms with van der Waals surface area (Å²) in [6.45, 7) is 4.20. The molecule has 2 aromatic heterocycles. The summed E-state index contributed by atoms with van der Waals surface area (Å²) >= 11 is 0. The van der Waals surface area contributed by atoms with Gasteiger partial charge < -0.3 is 4.98 Å². The van der Waals surface area contributed by atoms with Gasteiger partial charge in [-0.2, -0.15) is 0 Å². The van der Waals surface area contributed by atoms with Crippen LogP contribution < -0.4 is 0 Å². The molecule has 0 aliphatic carbocycles. The van der Waals surface area contributed by atoms with Crippen LogP contribution >= 0.6 is 0 Å². The average Bonchev–Trinajstić information content (AvgIpc) is 2.81. The quantitative estimate of drug-likeness (QED) is 0.775. The van der Waals surface area contributed by atoms with Crippen molar-refractivity contribution in [2.45, 2.75) is 26.7 Å². The van der Waals surface area contributed by atoms with Gasteiger partial charge >= 0.3 is 0 Å². The number of aromatic nitrogens is 3. The molecule has 0 bridgehead atoms. The lowest BCUT2D eigenvalue weighted by Gasteiger charge is -2.00. The van der Waals surface area contributed by atoms with Gasteiger partial charge in [0.2, 0.25) is 0 Å². The molecule has 3 heteroatoms. The van der Waals surface area contributed by atoms with Crippen molar-refractivity contribution in [2.24, 2.45) is 0 Å². The van der Waals surface area contributed by atoms with E-state index in [0.29, 0.717) is 0 Å². The average molecular weight is 251 g/mol. The Hall–Kier alpha value is -2.16. The van der Waals surface area contributed by atoms with E-state index in [9.17, 15) is 0 Å². The van der Waals surface area contributed by atoms with Crippen molar-refractivity contribution < 1.29 is 0 Å². The molecule has 19 heavy (non-hydrogen) atoms. The number of H-pyrrole nitrogens is 1. The van der Waals surface area contributed by atoms with Gasteiger partial charge in [-0.1, -0.05) is 29.8 Å². The van der Waals surface area contributed by atoms with Gasteiger partial charge in [-0.15, -0.1) is 0 Å². The molecule has 0 aliphatic rings. The number of nitrogens with zero attached hydrogens (tertiary/aromatic N) is 2. The second-order valence-corrected chi connectivity index (χ2v) is 5.00. The summed E-state index contributed by atoms with van der Waals surface area (Å²) in [5.41, 5.74) is 5.73. The molecule has 3 aromatic rings. The molecule has 0 aliphatic heterocycles. The Labute approximate surface area is 112 Å². The van der Waals surface area contributed by atoms with Crippen LogP contribution in [0.4, 0.5) is 0 Å². The highest BCUT2D eigenvalue weighted by Crippen LogP contribution is 2.14. The number of rotatable bonds is 3. The number of imidazole rings is 1. The van der Waals surface area contributed by atoms with Crippen LogP contribution in [0.5, 0.6) is 0 Å². The third-order valence-electron chi connectivity index (χ3n) is 3.38. The zero-order valence-electron chi connectivity index (χ0n) is 11.3. The number of pyridine rings is 1. The summed E-state index contributed by atoms with van der Waals surface area (Å²) < 4.78 is 0. The van der Waals surface area contributed by atoms with E-state index >= 15 is 0 Å². The third kappa shape index (κ3) is 2.50. The van der Waals surface area contributed by atoms with Crippen molar-refractivity contribution in [3.63, 3.8) is 0 Å². The Morgan fingerprint density at radius 3 is 2.79 bits per heavy atom. The predicted molar refractivity (Wildman–Crippen MR) is 77.2 cm³/mol. The molecule has 0 amide bonds. The highest BCUT2D eigenvalue weighted by atomic mass is 15.0. The molecule has 0 saturated heterocycles. The van der Waals surface area contributed by atoms with Crippen LogP contribution in [0.1, 0.15) is 22.5 Å². The van der Waals surface area contributed by atoms with E-state index < -0.39 is 0 Å². The first kappa shape index (κ1) is 11.9. The van der Waals surface area contributed by atoms with E-state index in [-0.39, 0.29) is 0 Å². The summed E-state index contributed by atoms with van der Waals surface area (Å²) in [6.07, 6.45) is 3.72. The second-order valence-electron chi connectivity index (χ2n) is 5.00. The largest absolute Gasteiger partial charge is 0.340 e. The topological polar surface area (TPSA) is 41.6 Å². The van der Waals surface area contributed by atoms with E-state index in [2.05, 4.69) is 53.1 Å². The lowest BCUT2D eigenvalue weighted by atomic mass is 10.1. The van der Waals surface area contributed by atoms with Crippen LogP contribution in [-0.2, 0) is 12.8 Å². The Balaban J connectivity index is 1.80. The van der Waals surface area contributed by atoms with Crippen molar-refractivity contribution >= 4 is 11.2 Å². The van der Waals surface area contributed by atoms with E-state index in [4.69, 9.17) is 0 Å². The van der Waals surface area contributed by atoms with Crippen molar-refractivity contribution in [3.8, 4) is 0 Å². The molecule has 3 nitrogen and oxygen atoms in total. The summed E-state index contributed by atoms with van der Waals surface area (Å²) in [6, 6.07) is 10.6.